The van der Waals surface area contributed by atoms with Gasteiger partial charge >= 0.3 is 5.97 Å². The van der Waals surface area contributed by atoms with Gasteiger partial charge in [-0.25, -0.2) is 4.79 Å². The highest BCUT2D eigenvalue weighted by atomic mass is 16.6. The summed E-state index contributed by atoms with van der Waals surface area (Å²) in [7, 11) is 0. The first-order valence-electron chi connectivity index (χ1n) is 6.43. The minimum Gasteiger partial charge on any atom is -0.450 e. The normalized spacial score (nSPS) is 24.7. The van der Waals surface area contributed by atoms with Gasteiger partial charge in [-0.2, -0.15) is 0 Å². The van der Waals surface area contributed by atoms with Crippen molar-refractivity contribution in [1.82, 2.24) is 0 Å². The molecule has 1 aliphatic heterocycles. The number of carbonyl (C=O) groups excluding carboxylic acids is 2. The Kier molecular flexibility index (Phi) is 5.03. The van der Waals surface area contributed by atoms with Gasteiger partial charge in [0.2, 0.25) is 0 Å². The number of hydrogen-bond acceptors (Lipinski definition) is 7. The van der Waals surface area contributed by atoms with Crippen LogP contribution in [0.2, 0.25) is 0 Å². The maximum Gasteiger partial charge on any atom is 0.378 e. The quantitative estimate of drug-likeness (QED) is 0.453. The van der Waals surface area contributed by atoms with Crippen molar-refractivity contribution in [3.05, 3.63) is 35.9 Å². The predicted octanol–water partition coefficient (Wildman–Crippen LogP) is -1.05. The molecule has 0 saturated carbocycles. The first-order chi connectivity index (χ1) is 10.1. The van der Waals surface area contributed by atoms with E-state index in [-0.39, 0.29) is 0 Å². The van der Waals surface area contributed by atoms with E-state index in [0.29, 0.717) is 5.56 Å². The molecule has 1 heterocycles. The molecule has 1 aliphatic rings. The van der Waals surface area contributed by atoms with E-state index >= 15 is 0 Å². The van der Waals surface area contributed by atoms with Gasteiger partial charge in [0.1, 0.15) is 12.2 Å². The Labute approximate surface area is 120 Å². The molecule has 2 rings (SSSR count). The highest BCUT2D eigenvalue weighted by Gasteiger charge is 2.48. The molecule has 1 aromatic rings. The monoisotopic (exact) mass is 296 g/mol. The van der Waals surface area contributed by atoms with Crippen molar-refractivity contribution in [1.29, 1.82) is 0 Å². The number of ether oxygens (including phenoxy) is 2. The summed E-state index contributed by atoms with van der Waals surface area (Å²) >= 11 is 0. The first-order valence-corrected chi connectivity index (χ1v) is 6.43. The molecule has 0 amide bonds. The molecule has 0 aromatic heterocycles. The number of hydrogen-bond donors (Lipinski definition) is 3. The summed E-state index contributed by atoms with van der Waals surface area (Å²) in [5.41, 5.74) is 0.615. The average molecular weight is 296 g/mol. The Hall–Kier alpha value is -1.80. The van der Waals surface area contributed by atoms with E-state index in [1.807, 2.05) is 0 Å². The standard InChI is InChI=1S/C14H16O7/c15-6-9(17)12-13(11(18)14(19)21-12)20-10(7-16)8-4-2-1-3-5-8/h1-5,9-10,12-13,15-17H,6-7H2. The lowest BCUT2D eigenvalue weighted by molar-refractivity contribution is -0.152. The van der Waals surface area contributed by atoms with Crippen LogP contribution >= 0.6 is 0 Å². The van der Waals surface area contributed by atoms with Crippen LogP contribution in [0, 0.1) is 0 Å². The lowest BCUT2D eigenvalue weighted by Crippen LogP contribution is -2.41. The van der Waals surface area contributed by atoms with Crippen LogP contribution in [0.5, 0.6) is 0 Å². The first kappa shape index (κ1) is 15.6. The number of aliphatic hydroxyl groups excluding tert-OH is 3. The summed E-state index contributed by atoms with van der Waals surface area (Å²) in [6.45, 7) is -1.09. The summed E-state index contributed by atoms with van der Waals surface area (Å²) < 4.78 is 10.2. The SMILES string of the molecule is O=C1OC(C(O)CO)C(OC(CO)c2ccccc2)C1=O. The fourth-order valence-corrected chi connectivity index (χ4v) is 2.10. The van der Waals surface area contributed by atoms with E-state index in [0.717, 1.165) is 0 Å². The van der Waals surface area contributed by atoms with Crippen LogP contribution in [-0.4, -0.2) is 58.6 Å². The Morgan fingerprint density at radius 3 is 2.38 bits per heavy atom. The molecule has 7 nitrogen and oxygen atoms in total. The molecular formula is C14H16O7. The van der Waals surface area contributed by atoms with Crippen molar-refractivity contribution in [2.24, 2.45) is 0 Å². The van der Waals surface area contributed by atoms with Gasteiger partial charge in [-0.05, 0) is 5.56 Å². The van der Waals surface area contributed by atoms with Crippen molar-refractivity contribution < 1.29 is 34.4 Å². The third-order valence-corrected chi connectivity index (χ3v) is 3.22. The lowest BCUT2D eigenvalue weighted by atomic mass is 10.1. The number of cyclic esters (lactones) is 1. The third kappa shape index (κ3) is 3.27. The molecular weight excluding hydrogens is 280 g/mol. The van der Waals surface area contributed by atoms with E-state index in [2.05, 4.69) is 0 Å². The fourth-order valence-electron chi connectivity index (χ4n) is 2.10. The molecule has 21 heavy (non-hydrogen) atoms. The molecule has 4 unspecified atom stereocenters. The zero-order valence-electron chi connectivity index (χ0n) is 11.1. The van der Waals surface area contributed by atoms with Gasteiger partial charge in [-0.1, -0.05) is 30.3 Å². The Morgan fingerprint density at radius 1 is 1.14 bits per heavy atom. The fraction of sp³-hybridized carbons (Fsp3) is 0.429. The number of aliphatic hydroxyl groups is 3. The minimum absolute atomic E-state index is 0.413. The number of rotatable bonds is 6. The number of Topliss-reactive ketones (excluding diaryl/α,β-unsaturated/α-hetero) is 1. The van der Waals surface area contributed by atoms with Crippen LogP contribution in [-0.2, 0) is 19.1 Å². The Bertz CT molecular complexity index is 501. The smallest absolute Gasteiger partial charge is 0.378 e. The number of benzene rings is 1. The highest BCUT2D eigenvalue weighted by Crippen LogP contribution is 2.26. The molecule has 1 saturated heterocycles. The van der Waals surface area contributed by atoms with E-state index in [9.17, 15) is 19.8 Å². The summed E-state index contributed by atoms with van der Waals surface area (Å²) in [6, 6.07) is 8.64. The molecule has 7 heteroatoms. The molecule has 3 N–H and O–H groups in total. The lowest BCUT2D eigenvalue weighted by Gasteiger charge is -2.24. The van der Waals surface area contributed by atoms with Crippen LogP contribution in [0.15, 0.2) is 30.3 Å². The summed E-state index contributed by atoms with van der Waals surface area (Å²) in [4.78, 5) is 23.1. The van der Waals surface area contributed by atoms with Crippen LogP contribution in [0.1, 0.15) is 11.7 Å². The van der Waals surface area contributed by atoms with E-state index in [1.165, 1.54) is 0 Å². The Balaban J connectivity index is 2.18. The Morgan fingerprint density at radius 2 is 1.81 bits per heavy atom. The second-order valence-electron chi connectivity index (χ2n) is 4.62. The second-order valence-corrected chi connectivity index (χ2v) is 4.62. The van der Waals surface area contributed by atoms with Gasteiger partial charge in [-0.3, -0.25) is 4.79 Å². The van der Waals surface area contributed by atoms with Crippen LogP contribution in [0.25, 0.3) is 0 Å². The van der Waals surface area contributed by atoms with E-state index in [4.69, 9.17) is 14.6 Å². The van der Waals surface area contributed by atoms with Crippen molar-refractivity contribution in [2.75, 3.05) is 13.2 Å². The van der Waals surface area contributed by atoms with Crippen LogP contribution < -0.4 is 0 Å². The number of carbonyl (C=O) groups is 2. The van der Waals surface area contributed by atoms with Gasteiger partial charge in [0.05, 0.1) is 13.2 Å². The molecule has 1 aromatic carbocycles. The molecule has 0 bridgehead atoms. The average Bonchev–Trinajstić information content (AvgIpc) is 2.80. The topological polar surface area (TPSA) is 113 Å². The highest BCUT2D eigenvalue weighted by molar-refractivity contribution is 6.37. The van der Waals surface area contributed by atoms with Crippen molar-refractivity contribution in [3.63, 3.8) is 0 Å². The molecule has 4 atom stereocenters. The van der Waals surface area contributed by atoms with Gasteiger partial charge in [0.15, 0.2) is 12.2 Å². The van der Waals surface area contributed by atoms with Gasteiger partial charge in [0.25, 0.3) is 5.78 Å². The molecule has 0 radical (unpaired) electrons. The van der Waals surface area contributed by atoms with Gasteiger partial charge in [-0.15, -0.1) is 0 Å². The molecule has 1 fully saturated rings. The second kappa shape index (κ2) is 6.77. The number of ketones is 1. The maximum atomic E-state index is 11.7. The molecule has 0 aliphatic carbocycles. The number of esters is 1. The largest absolute Gasteiger partial charge is 0.450 e. The van der Waals surface area contributed by atoms with Gasteiger partial charge in [0, 0.05) is 0 Å². The van der Waals surface area contributed by atoms with Crippen LogP contribution in [0.4, 0.5) is 0 Å². The van der Waals surface area contributed by atoms with Crippen LogP contribution in [0.3, 0.4) is 0 Å². The third-order valence-electron chi connectivity index (χ3n) is 3.22. The maximum absolute atomic E-state index is 11.7. The molecule has 114 valence electrons. The minimum atomic E-state index is -1.43. The molecule has 0 spiro atoms. The summed E-state index contributed by atoms with van der Waals surface area (Å²) in [6.07, 6.45) is -4.92. The zero-order chi connectivity index (χ0) is 15.4. The van der Waals surface area contributed by atoms with Crippen molar-refractivity contribution in [3.8, 4) is 0 Å². The van der Waals surface area contributed by atoms with E-state index < -0.39 is 49.4 Å². The summed E-state index contributed by atoms with van der Waals surface area (Å²) in [5.74, 6) is -2.07. The van der Waals surface area contributed by atoms with Crippen molar-refractivity contribution >= 4 is 11.8 Å². The van der Waals surface area contributed by atoms with E-state index in [1.54, 1.807) is 30.3 Å². The predicted molar refractivity (Wildman–Crippen MR) is 69.1 cm³/mol. The zero-order valence-corrected chi connectivity index (χ0v) is 11.1. The van der Waals surface area contributed by atoms with Crippen molar-refractivity contribution in [2.45, 2.75) is 24.4 Å². The summed E-state index contributed by atoms with van der Waals surface area (Å²) in [5, 5.41) is 27.9. The van der Waals surface area contributed by atoms with Gasteiger partial charge < -0.3 is 24.8 Å².